The van der Waals surface area contributed by atoms with Crippen molar-refractivity contribution in [3.63, 3.8) is 0 Å². The van der Waals surface area contributed by atoms with E-state index in [0.29, 0.717) is 18.0 Å². The van der Waals surface area contributed by atoms with Gasteiger partial charge in [0.2, 0.25) is 0 Å². The number of amides is 1. The lowest BCUT2D eigenvalue weighted by Gasteiger charge is -2.34. The first-order valence-electron chi connectivity index (χ1n) is 10.7. The maximum absolute atomic E-state index is 13.0. The van der Waals surface area contributed by atoms with Gasteiger partial charge in [-0.3, -0.25) is 9.69 Å². The molecule has 2 aromatic heterocycles. The summed E-state index contributed by atoms with van der Waals surface area (Å²) in [5, 5.41) is 0. The highest BCUT2D eigenvalue weighted by atomic mass is 16.5. The number of hydrogen-bond donors (Lipinski definition) is 1. The van der Waals surface area contributed by atoms with Gasteiger partial charge in [-0.25, -0.2) is 15.0 Å². The highest BCUT2D eigenvalue weighted by molar-refractivity contribution is 5.95. The first kappa shape index (κ1) is 21.9. The van der Waals surface area contributed by atoms with Crippen LogP contribution in [0.3, 0.4) is 0 Å². The average molecular weight is 433 g/mol. The smallest absolute Gasteiger partial charge is 0.253 e. The molecule has 166 valence electrons. The van der Waals surface area contributed by atoms with E-state index in [1.165, 1.54) is 0 Å². The molecule has 0 bridgehead atoms. The van der Waals surface area contributed by atoms with Crippen molar-refractivity contribution >= 4 is 11.7 Å². The van der Waals surface area contributed by atoms with Crippen LogP contribution in [0.5, 0.6) is 0 Å². The van der Waals surface area contributed by atoms with E-state index in [4.69, 9.17) is 10.5 Å². The number of rotatable bonds is 6. The number of hydrogen-bond acceptors (Lipinski definition) is 7. The molecule has 0 spiro atoms. The summed E-state index contributed by atoms with van der Waals surface area (Å²) in [6.45, 7) is 6.75. The Kier molecular flexibility index (Phi) is 6.72. The summed E-state index contributed by atoms with van der Waals surface area (Å²) in [4.78, 5) is 30.3. The van der Waals surface area contributed by atoms with E-state index in [0.717, 1.165) is 60.8 Å². The van der Waals surface area contributed by atoms with Crippen molar-refractivity contribution in [1.29, 1.82) is 0 Å². The van der Waals surface area contributed by atoms with E-state index >= 15 is 0 Å². The molecule has 1 saturated heterocycles. The van der Waals surface area contributed by atoms with Gasteiger partial charge in [0.15, 0.2) is 0 Å². The van der Waals surface area contributed by atoms with Gasteiger partial charge in [0, 0.05) is 74.0 Å². The summed E-state index contributed by atoms with van der Waals surface area (Å²) in [7, 11) is 1.71. The van der Waals surface area contributed by atoms with Crippen molar-refractivity contribution in [2.45, 2.75) is 6.92 Å². The predicted octanol–water partition coefficient (Wildman–Crippen LogP) is 2.50. The largest absolute Gasteiger partial charge is 0.384 e. The fourth-order valence-electron chi connectivity index (χ4n) is 3.94. The summed E-state index contributed by atoms with van der Waals surface area (Å²) >= 11 is 0. The van der Waals surface area contributed by atoms with E-state index in [9.17, 15) is 4.79 Å². The minimum absolute atomic E-state index is 0.0600. The molecule has 1 aromatic carbocycles. The molecule has 8 heteroatoms. The van der Waals surface area contributed by atoms with E-state index < -0.39 is 0 Å². The lowest BCUT2D eigenvalue weighted by Crippen LogP contribution is -2.49. The predicted molar refractivity (Wildman–Crippen MR) is 124 cm³/mol. The molecule has 1 aliphatic rings. The van der Waals surface area contributed by atoms with Gasteiger partial charge in [0.1, 0.15) is 12.1 Å². The number of carbonyl (C=O) groups excluding carboxylic acids is 1. The number of pyridine rings is 1. The number of benzene rings is 1. The van der Waals surface area contributed by atoms with Crippen molar-refractivity contribution in [2.24, 2.45) is 0 Å². The summed E-state index contributed by atoms with van der Waals surface area (Å²) in [6, 6.07) is 11.3. The number of piperazine rings is 1. The lowest BCUT2D eigenvalue weighted by atomic mass is 9.98. The summed E-state index contributed by atoms with van der Waals surface area (Å²) in [5.41, 5.74) is 10.8. The molecule has 0 unspecified atom stereocenters. The van der Waals surface area contributed by atoms with Gasteiger partial charge in [0.25, 0.3) is 5.91 Å². The number of aromatic nitrogens is 3. The van der Waals surface area contributed by atoms with Gasteiger partial charge < -0.3 is 15.4 Å². The number of carbonyl (C=O) groups is 1. The molecular weight excluding hydrogens is 404 g/mol. The molecule has 0 atom stereocenters. The van der Waals surface area contributed by atoms with Crippen LogP contribution >= 0.6 is 0 Å². The maximum atomic E-state index is 13.0. The minimum Gasteiger partial charge on any atom is -0.384 e. The summed E-state index contributed by atoms with van der Waals surface area (Å²) in [6.07, 6.45) is 3.29. The number of anilines is 1. The molecule has 0 radical (unpaired) electrons. The molecule has 1 aliphatic heterocycles. The third kappa shape index (κ3) is 4.76. The van der Waals surface area contributed by atoms with Gasteiger partial charge >= 0.3 is 0 Å². The van der Waals surface area contributed by atoms with E-state index in [-0.39, 0.29) is 5.91 Å². The fraction of sp³-hybridized carbons (Fsp3) is 0.333. The highest BCUT2D eigenvalue weighted by Crippen LogP contribution is 2.32. The molecule has 3 aromatic rings. The molecule has 2 N–H and O–H groups in total. The van der Waals surface area contributed by atoms with Crippen LogP contribution in [-0.4, -0.2) is 77.1 Å². The maximum Gasteiger partial charge on any atom is 0.253 e. The minimum atomic E-state index is 0.0600. The second kappa shape index (κ2) is 9.84. The van der Waals surface area contributed by atoms with Gasteiger partial charge in [0.05, 0.1) is 12.3 Å². The molecular formula is C24H28N6O2. The molecule has 3 heterocycles. The average Bonchev–Trinajstić information content (AvgIpc) is 2.83. The second-order valence-electron chi connectivity index (χ2n) is 7.86. The highest BCUT2D eigenvalue weighted by Gasteiger charge is 2.22. The zero-order valence-electron chi connectivity index (χ0n) is 18.5. The van der Waals surface area contributed by atoms with Gasteiger partial charge in [-0.05, 0) is 31.2 Å². The van der Waals surface area contributed by atoms with Crippen LogP contribution in [0.2, 0.25) is 0 Å². The van der Waals surface area contributed by atoms with Crippen LogP contribution in [0, 0.1) is 6.92 Å². The lowest BCUT2D eigenvalue weighted by molar-refractivity contribution is 0.0594. The number of aryl methyl sites for hydroxylation is 1. The van der Waals surface area contributed by atoms with Crippen LogP contribution in [0.1, 0.15) is 16.1 Å². The van der Waals surface area contributed by atoms with Crippen molar-refractivity contribution in [2.75, 3.05) is 52.2 Å². The summed E-state index contributed by atoms with van der Waals surface area (Å²) in [5.74, 6) is 0.525. The quantitative estimate of drug-likeness (QED) is 0.639. The van der Waals surface area contributed by atoms with Crippen molar-refractivity contribution < 1.29 is 9.53 Å². The zero-order chi connectivity index (χ0) is 22.5. The third-order valence-corrected chi connectivity index (χ3v) is 5.79. The van der Waals surface area contributed by atoms with Crippen molar-refractivity contribution in [3.8, 4) is 22.4 Å². The second-order valence-corrected chi connectivity index (χ2v) is 7.86. The first-order valence-corrected chi connectivity index (χ1v) is 10.7. The van der Waals surface area contributed by atoms with Gasteiger partial charge in [-0.1, -0.05) is 12.1 Å². The van der Waals surface area contributed by atoms with E-state index in [1.807, 2.05) is 42.2 Å². The molecule has 0 aliphatic carbocycles. The Bertz CT molecular complexity index is 1060. The summed E-state index contributed by atoms with van der Waals surface area (Å²) < 4.78 is 5.14. The van der Waals surface area contributed by atoms with E-state index in [2.05, 4.69) is 19.9 Å². The topological polar surface area (TPSA) is 97.5 Å². The number of nitrogens with two attached hydrogens (primary N) is 1. The van der Waals surface area contributed by atoms with E-state index in [1.54, 1.807) is 25.7 Å². The number of methoxy groups -OCH3 is 1. The van der Waals surface area contributed by atoms with Gasteiger partial charge in [-0.2, -0.15) is 0 Å². The van der Waals surface area contributed by atoms with Gasteiger partial charge in [-0.15, -0.1) is 0 Å². The number of ether oxygens (including phenoxy) is 1. The van der Waals surface area contributed by atoms with Crippen LogP contribution in [0.15, 0.2) is 48.9 Å². The fourth-order valence-corrected chi connectivity index (χ4v) is 3.94. The first-order chi connectivity index (χ1) is 15.6. The number of nitrogens with zero attached hydrogens (tertiary/aromatic N) is 5. The van der Waals surface area contributed by atoms with Crippen LogP contribution in [0.25, 0.3) is 22.4 Å². The Morgan fingerprint density at radius 2 is 1.72 bits per heavy atom. The van der Waals surface area contributed by atoms with Crippen LogP contribution in [0.4, 0.5) is 5.82 Å². The Hall–Kier alpha value is -3.36. The normalized spacial score (nSPS) is 14.5. The Labute approximate surface area is 188 Å². The van der Waals surface area contributed by atoms with Crippen LogP contribution in [-0.2, 0) is 4.74 Å². The molecule has 1 amide bonds. The van der Waals surface area contributed by atoms with Crippen molar-refractivity contribution in [1.82, 2.24) is 24.8 Å². The standard InChI is InChI=1S/C24H28N6O2/c1-17-22(20-7-8-21(25)26-15-20)23(28-16-27-17)18-3-5-19(6-4-18)24(31)30-11-9-29(10-12-30)13-14-32-2/h3-8,15-16H,9-14H2,1-2H3,(H2,25,26). The Morgan fingerprint density at radius 3 is 2.38 bits per heavy atom. The molecule has 8 nitrogen and oxygen atoms in total. The molecule has 4 rings (SSSR count). The Balaban J connectivity index is 1.52. The van der Waals surface area contributed by atoms with Crippen molar-refractivity contribution in [3.05, 3.63) is 60.2 Å². The molecule has 0 saturated carbocycles. The van der Waals surface area contributed by atoms with Crippen LogP contribution < -0.4 is 5.73 Å². The SMILES string of the molecule is COCCN1CCN(C(=O)c2ccc(-c3ncnc(C)c3-c3ccc(N)nc3)cc2)CC1. The zero-order valence-corrected chi connectivity index (χ0v) is 18.5. The third-order valence-electron chi connectivity index (χ3n) is 5.79. The Morgan fingerprint density at radius 1 is 1.00 bits per heavy atom. The molecule has 32 heavy (non-hydrogen) atoms. The molecule has 1 fully saturated rings. The number of nitrogen functional groups attached to an aromatic ring is 1. The monoisotopic (exact) mass is 432 g/mol.